The molecule has 1 N–H and O–H groups in total. The second-order valence-corrected chi connectivity index (χ2v) is 3.03. The monoisotopic (exact) mass is 207 g/mol. The van der Waals surface area contributed by atoms with Crippen molar-refractivity contribution >= 4 is 17.7 Å². The zero-order chi connectivity index (χ0) is 11.4. The quantitative estimate of drug-likeness (QED) is 0.467. The van der Waals surface area contributed by atoms with Crippen LogP contribution in [0.15, 0.2) is 24.3 Å². The van der Waals surface area contributed by atoms with E-state index in [0.29, 0.717) is 11.1 Å². The van der Waals surface area contributed by atoms with Crippen LogP contribution in [0.3, 0.4) is 0 Å². The molecule has 0 atom stereocenters. The molecule has 1 aromatic carbocycles. The number of nitro benzene ring substituents is 1. The smallest absolute Gasteiger partial charge is 0.328 e. The van der Waals surface area contributed by atoms with E-state index in [9.17, 15) is 14.9 Å². The van der Waals surface area contributed by atoms with Gasteiger partial charge in [-0.25, -0.2) is 4.79 Å². The van der Waals surface area contributed by atoms with Crippen LogP contribution in [0.5, 0.6) is 0 Å². The molecule has 0 saturated heterocycles. The van der Waals surface area contributed by atoms with Crippen molar-refractivity contribution < 1.29 is 14.8 Å². The number of benzene rings is 1. The number of nitro groups is 1. The van der Waals surface area contributed by atoms with Crippen LogP contribution in [0.25, 0.3) is 6.08 Å². The normalized spacial score (nSPS) is 10.5. The van der Waals surface area contributed by atoms with Gasteiger partial charge in [-0.3, -0.25) is 10.1 Å². The van der Waals surface area contributed by atoms with Crippen LogP contribution < -0.4 is 0 Å². The molecule has 0 fully saturated rings. The molecular weight excluding hydrogens is 198 g/mol. The van der Waals surface area contributed by atoms with E-state index in [4.69, 9.17) is 5.11 Å². The van der Waals surface area contributed by atoms with E-state index >= 15 is 0 Å². The average molecular weight is 207 g/mol. The zero-order valence-electron chi connectivity index (χ0n) is 8.01. The Balaban J connectivity index is 3.09. The minimum Gasteiger partial charge on any atom is -0.478 e. The number of aryl methyl sites for hydroxylation is 1. The van der Waals surface area contributed by atoms with E-state index in [1.807, 2.05) is 0 Å². The van der Waals surface area contributed by atoms with Crippen molar-refractivity contribution in [2.45, 2.75) is 6.92 Å². The predicted octanol–water partition coefficient (Wildman–Crippen LogP) is 2.00. The molecule has 0 aliphatic carbocycles. The summed E-state index contributed by atoms with van der Waals surface area (Å²) < 4.78 is 0. The fraction of sp³-hybridized carbons (Fsp3) is 0.100. The van der Waals surface area contributed by atoms with Gasteiger partial charge in [0.05, 0.1) is 4.92 Å². The van der Waals surface area contributed by atoms with Crippen molar-refractivity contribution in [3.63, 3.8) is 0 Å². The maximum atomic E-state index is 10.5. The Kier molecular flexibility index (Phi) is 3.17. The van der Waals surface area contributed by atoms with Gasteiger partial charge in [0.1, 0.15) is 0 Å². The van der Waals surface area contributed by atoms with Crippen LogP contribution in [-0.2, 0) is 4.79 Å². The third-order valence-corrected chi connectivity index (χ3v) is 1.71. The van der Waals surface area contributed by atoms with Crippen molar-refractivity contribution in [2.24, 2.45) is 0 Å². The lowest BCUT2D eigenvalue weighted by molar-refractivity contribution is -0.384. The molecular formula is C10H9NO4. The number of aliphatic carboxylic acids is 1. The molecule has 0 aliphatic rings. The third-order valence-electron chi connectivity index (χ3n) is 1.71. The number of non-ortho nitro benzene ring substituents is 1. The lowest BCUT2D eigenvalue weighted by Crippen LogP contribution is -1.90. The number of hydrogen-bond acceptors (Lipinski definition) is 3. The van der Waals surface area contributed by atoms with E-state index in [0.717, 1.165) is 6.08 Å². The van der Waals surface area contributed by atoms with Gasteiger partial charge in [-0.1, -0.05) is 6.07 Å². The van der Waals surface area contributed by atoms with Crippen LogP contribution >= 0.6 is 0 Å². The van der Waals surface area contributed by atoms with Gasteiger partial charge in [-0.15, -0.1) is 0 Å². The summed E-state index contributed by atoms with van der Waals surface area (Å²) in [5, 5.41) is 18.9. The molecule has 0 saturated carbocycles. The first-order valence-corrected chi connectivity index (χ1v) is 4.16. The minimum absolute atomic E-state index is 0.0416. The average Bonchev–Trinajstić information content (AvgIpc) is 2.13. The summed E-state index contributed by atoms with van der Waals surface area (Å²) in [6.45, 7) is 1.71. The van der Waals surface area contributed by atoms with E-state index in [2.05, 4.69) is 0 Å². The highest BCUT2D eigenvalue weighted by Crippen LogP contribution is 2.17. The molecule has 5 nitrogen and oxygen atoms in total. The molecule has 0 radical (unpaired) electrons. The molecule has 0 amide bonds. The molecule has 0 spiro atoms. The van der Waals surface area contributed by atoms with Gasteiger partial charge >= 0.3 is 5.97 Å². The summed E-state index contributed by atoms with van der Waals surface area (Å²) in [6.07, 6.45) is 2.26. The maximum Gasteiger partial charge on any atom is 0.328 e. The van der Waals surface area contributed by atoms with Crippen LogP contribution in [0.1, 0.15) is 11.1 Å². The van der Waals surface area contributed by atoms with Crippen LogP contribution in [0.2, 0.25) is 0 Å². The number of hydrogen-bond donors (Lipinski definition) is 1. The molecule has 5 heteroatoms. The van der Waals surface area contributed by atoms with Gasteiger partial charge in [0.2, 0.25) is 0 Å². The highest BCUT2D eigenvalue weighted by atomic mass is 16.6. The van der Waals surface area contributed by atoms with Crippen LogP contribution in [-0.4, -0.2) is 16.0 Å². The lowest BCUT2D eigenvalue weighted by atomic mass is 10.1. The summed E-state index contributed by atoms with van der Waals surface area (Å²) >= 11 is 0. The number of carboxylic acid groups (broad SMARTS) is 1. The van der Waals surface area contributed by atoms with E-state index in [1.54, 1.807) is 13.0 Å². The van der Waals surface area contributed by atoms with Crippen LogP contribution in [0, 0.1) is 17.0 Å². The second-order valence-electron chi connectivity index (χ2n) is 3.03. The Morgan fingerprint density at radius 3 is 2.67 bits per heavy atom. The summed E-state index contributed by atoms with van der Waals surface area (Å²) in [7, 11) is 0. The van der Waals surface area contributed by atoms with Crippen molar-refractivity contribution in [3.8, 4) is 0 Å². The first-order valence-electron chi connectivity index (χ1n) is 4.16. The Labute approximate surface area is 85.8 Å². The molecule has 15 heavy (non-hydrogen) atoms. The highest BCUT2D eigenvalue weighted by Gasteiger charge is 2.06. The van der Waals surface area contributed by atoms with E-state index < -0.39 is 10.9 Å². The Bertz CT molecular complexity index is 437. The van der Waals surface area contributed by atoms with Gasteiger partial charge < -0.3 is 5.11 Å². The minimum atomic E-state index is -1.08. The molecule has 0 aliphatic heterocycles. The summed E-state index contributed by atoms with van der Waals surface area (Å²) in [5.74, 6) is -1.08. The fourth-order valence-corrected chi connectivity index (χ4v) is 1.16. The van der Waals surface area contributed by atoms with Gasteiger partial charge in [-0.2, -0.15) is 0 Å². The largest absolute Gasteiger partial charge is 0.478 e. The predicted molar refractivity (Wildman–Crippen MR) is 54.5 cm³/mol. The fourth-order valence-electron chi connectivity index (χ4n) is 1.16. The Morgan fingerprint density at radius 1 is 1.47 bits per heavy atom. The first kappa shape index (κ1) is 10.9. The molecule has 0 bridgehead atoms. The number of carboxylic acids is 1. The number of nitrogens with zero attached hydrogens (tertiary/aromatic N) is 1. The van der Waals surface area contributed by atoms with Crippen molar-refractivity contribution in [1.82, 2.24) is 0 Å². The van der Waals surface area contributed by atoms with Crippen LogP contribution in [0.4, 0.5) is 5.69 Å². The molecule has 0 heterocycles. The van der Waals surface area contributed by atoms with Crippen molar-refractivity contribution in [2.75, 3.05) is 0 Å². The summed E-state index contributed by atoms with van der Waals surface area (Å²) in [5.41, 5.74) is 1.18. The van der Waals surface area contributed by atoms with Gasteiger partial charge in [-0.05, 0) is 24.1 Å². The molecule has 1 aromatic rings. The molecule has 78 valence electrons. The molecule has 0 unspecified atom stereocenters. The van der Waals surface area contributed by atoms with Crippen molar-refractivity contribution in [3.05, 3.63) is 45.5 Å². The summed E-state index contributed by atoms with van der Waals surface area (Å²) in [6, 6.07) is 4.43. The Hall–Kier alpha value is -2.17. The number of rotatable bonds is 3. The van der Waals surface area contributed by atoms with Crippen molar-refractivity contribution in [1.29, 1.82) is 0 Å². The zero-order valence-corrected chi connectivity index (χ0v) is 8.01. The SMILES string of the molecule is Cc1cc(/C=C/C(=O)O)cc([N+](=O)[O-])c1. The van der Waals surface area contributed by atoms with Gasteiger partial charge in [0.15, 0.2) is 0 Å². The van der Waals surface area contributed by atoms with Gasteiger partial charge in [0, 0.05) is 18.2 Å². The Morgan fingerprint density at radius 2 is 2.13 bits per heavy atom. The topological polar surface area (TPSA) is 80.4 Å². The summed E-state index contributed by atoms with van der Waals surface area (Å²) in [4.78, 5) is 20.3. The number of carbonyl (C=O) groups is 1. The molecule has 1 rings (SSSR count). The standard InChI is InChI=1S/C10H9NO4/c1-7-4-8(2-3-10(12)13)6-9(5-7)11(14)15/h2-6H,1H3,(H,12,13)/b3-2+. The van der Waals surface area contributed by atoms with Gasteiger partial charge in [0.25, 0.3) is 5.69 Å². The first-order chi connectivity index (χ1) is 6.99. The molecule has 0 aromatic heterocycles. The third kappa shape index (κ3) is 3.22. The maximum absolute atomic E-state index is 10.5. The van der Waals surface area contributed by atoms with E-state index in [1.165, 1.54) is 18.2 Å². The highest BCUT2D eigenvalue weighted by molar-refractivity contribution is 5.85. The van der Waals surface area contributed by atoms with E-state index in [-0.39, 0.29) is 5.69 Å². The lowest BCUT2D eigenvalue weighted by Gasteiger charge is -1.97. The second kappa shape index (κ2) is 4.36.